The smallest absolute Gasteiger partial charge is 0 e. The first kappa shape index (κ1) is 39.1. The van der Waals surface area contributed by atoms with Crippen molar-refractivity contribution in [2.45, 2.75) is 0 Å². The second-order valence-corrected chi connectivity index (χ2v) is 0. The van der Waals surface area contributed by atoms with Crippen LogP contribution in [0.4, 0.5) is 0 Å². The minimum absolute atomic E-state index is 0. The second-order valence-electron chi connectivity index (χ2n) is 0. The summed E-state index contributed by atoms with van der Waals surface area (Å²) in [5.41, 5.74) is 0. The van der Waals surface area contributed by atoms with Gasteiger partial charge in [0.15, 0.2) is 0 Å². The number of hydrogen-bond acceptors (Lipinski definition) is 0. The molecule has 0 aliphatic rings. The van der Waals surface area contributed by atoms with E-state index in [-0.39, 0.29) is 60.3 Å². The van der Waals surface area contributed by atoms with Crippen molar-refractivity contribution in [2.75, 3.05) is 0 Å². The van der Waals surface area contributed by atoms with E-state index in [1.54, 1.807) is 0 Å². The molecule has 0 aromatic heterocycles. The van der Waals surface area contributed by atoms with E-state index < -0.39 is 0 Å². The van der Waals surface area contributed by atoms with Gasteiger partial charge in [0.1, 0.15) is 0 Å². The van der Waals surface area contributed by atoms with Gasteiger partial charge in [0.2, 0.25) is 0 Å². The van der Waals surface area contributed by atoms with Crippen LogP contribution in [0.2, 0.25) is 0 Å². The average molecular weight is 214 g/mol. The van der Waals surface area contributed by atoms with Crippen LogP contribution in [0.3, 0.4) is 0 Å². The minimum atomic E-state index is 0. The maximum Gasteiger partial charge on any atom is 0 e. The topological polar surface area (TPSA) is 0 Å². The third-order valence-electron chi connectivity index (χ3n) is 0. The van der Waals surface area contributed by atoms with Crippen LogP contribution in [0.25, 0.3) is 0 Å². The molecule has 0 saturated heterocycles. The third kappa shape index (κ3) is 9.08. The summed E-state index contributed by atoms with van der Waals surface area (Å²) in [6, 6.07) is 0. The fourth-order valence-corrected chi connectivity index (χ4v) is 0. The van der Waals surface area contributed by atoms with Crippen molar-refractivity contribution in [2.24, 2.45) is 0 Å². The zero-order valence-corrected chi connectivity index (χ0v) is 9.22. The van der Waals surface area contributed by atoms with Gasteiger partial charge in [-0.05, 0) is 11.0 Å². The first-order chi connectivity index (χ1) is 0. The van der Waals surface area contributed by atoms with E-state index in [1.807, 2.05) is 0 Å². The maximum atomic E-state index is 0. The Balaban J connectivity index is 0. The molecule has 0 heterocycles. The van der Waals surface area contributed by atoms with E-state index in [0.29, 0.717) is 0 Å². The molecule has 0 fully saturated rings. The Hall–Kier alpha value is 1.91. The molecule has 0 aliphatic heterocycles. The summed E-state index contributed by atoms with van der Waals surface area (Å²) >= 11 is 0. The molecule has 2 radical (unpaired) electrons. The molecule has 0 bridgehead atoms. The molecule has 0 saturated carbocycles. The second kappa shape index (κ2) is 20.6. The maximum absolute atomic E-state index is 0. The van der Waals surface area contributed by atoms with Gasteiger partial charge >= 0.3 is 0 Å². The Morgan fingerprint density at radius 2 is 1.00 bits per heavy atom. The van der Waals surface area contributed by atoms with E-state index in [4.69, 9.17) is 0 Å². The Bertz CT molecular complexity index is 8.00. The number of rotatable bonds is 0. The van der Waals surface area contributed by atoms with Crippen LogP contribution in [0.15, 0.2) is 0 Å². The fourth-order valence-electron chi connectivity index (χ4n) is 0. The molecular formula is H6FeNbPSi. The molecule has 4 heteroatoms. The summed E-state index contributed by atoms with van der Waals surface area (Å²) in [7, 11) is 0. The molecule has 4 heavy (non-hydrogen) atoms. The van der Waals surface area contributed by atoms with Gasteiger partial charge in [-0.15, -0.1) is 0 Å². The van der Waals surface area contributed by atoms with Crippen LogP contribution in [0.5, 0.6) is 0 Å². The summed E-state index contributed by atoms with van der Waals surface area (Å²) in [6.07, 6.45) is 0. The van der Waals surface area contributed by atoms with E-state index in [2.05, 4.69) is 0 Å². The molecule has 1 atom stereocenters. The van der Waals surface area contributed by atoms with Crippen molar-refractivity contribution in [3.63, 3.8) is 0 Å². The van der Waals surface area contributed by atoms with Crippen molar-refractivity contribution in [1.82, 2.24) is 0 Å². The largest absolute Gasteiger partial charge is 0.153 e. The molecule has 1 unspecified atom stereocenters. The molecule has 0 aromatic carbocycles. The van der Waals surface area contributed by atoms with Crippen LogP contribution in [0, 0.1) is 0 Å². The van der Waals surface area contributed by atoms with Crippen LogP contribution in [0.1, 0.15) is 0 Å². The molecule has 28 valence electrons. The summed E-state index contributed by atoms with van der Waals surface area (Å²) in [5, 5.41) is 0. The Kier molecular flexibility index (Phi) is 201. The third-order valence-corrected chi connectivity index (χ3v) is 0. The van der Waals surface area contributed by atoms with Gasteiger partial charge in [0.25, 0.3) is 0 Å². The molecule has 0 spiro atoms. The minimum Gasteiger partial charge on any atom is -0.153 e. The molecule has 0 rings (SSSR count). The van der Waals surface area contributed by atoms with Gasteiger partial charge in [-0.1, -0.05) is 0 Å². The van der Waals surface area contributed by atoms with Crippen LogP contribution in [-0.2, 0) is 39.4 Å². The zero-order valence-electron chi connectivity index (χ0n) is 2.51. The SMILES string of the molecule is P.[Fe].[Nb].[SiH3]. The summed E-state index contributed by atoms with van der Waals surface area (Å²) < 4.78 is 0. The van der Waals surface area contributed by atoms with Crippen LogP contribution >= 0.6 is 9.90 Å². The molecule has 0 aromatic rings. The normalized spacial score (nSPS) is 0. The van der Waals surface area contributed by atoms with Gasteiger partial charge in [-0.25, -0.2) is 0 Å². The van der Waals surface area contributed by atoms with Crippen molar-refractivity contribution in [1.29, 1.82) is 0 Å². The number of hydrogen-bond donors (Lipinski definition) is 0. The molecular weight excluding hydrogens is 208 g/mol. The summed E-state index contributed by atoms with van der Waals surface area (Å²) in [5.74, 6) is 0. The van der Waals surface area contributed by atoms with E-state index >= 15 is 0 Å². The standard InChI is InChI=1S/Fe.Nb.H3P.H3Si/h;;2*1H3. The van der Waals surface area contributed by atoms with Gasteiger partial charge in [-0.2, -0.15) is 9.90 Å². The van der Waals surface area contributed by atoms with Gasteiger partial charge < -0.3 is 0 Å². The van der Waals surface area contributed by atoms with E-state index in [9.17, 15) is 0 Å². The first-order valence-corrected chi connectivity index (χ1v) is 0. The monoisotopic (exact) mass is 214 g/mol. The van der Waals surface area contributed by atoms with Crippen molar-refractivity contribution in [3.05, 3.63) is 0 Å². The molecule has 0 N–H and O–H groups in total. The van der Waals surface area contributed by atoms with Crippen molar-refractivity contribution < 1.29 is 39.4 Å². The van der Waals surface area contributed by atoms with Crippen molar-refractivity contribution >= 4 is 20.9 Å². The van der Waals surface area contributed by atoms with Crippen LogP contribution in [-0.4, -0.2) is 11.0 Å². The Morgan fingerprint density at radius 1 is 1.00 bits per heavy atom. The molecule has 0 amide bonds. The Labute approximate surface area is 60.1 Å². The average Bonchev–Trinajstić information content (AvgIpc) is 0. The zero-order chi connectivity index (χ0) is 0. The molecule has 0 nitrogen and oxygen atoms in total. The fraction of sp³-hybridized carbons (Fsp3) is 0. The van der Waals surface area contributed by atoms with E-state index in [1.165, 1.54) is 0 Å². The first-order valence-electron chi connectivity index (χ1n) is 0. The van der Waals surface area contributed by atoms with Gasteiger partial charge in [-0.3, -0.25) is 0 Å². The predicted octanol–water partition coefficient (Wildman–Crippen LogP) is -1.13. The van der Waals surface area contributed by atoms with E-state index in [0.717, 1.165) is 0 Å². The Morgan fingerprint density at radius 3 is 1.00 bits per heavy atom. The molecule has 0 aliphatic carbocycles. The predicted molar refractivity (Wildman–Crippen MR) is 21.0 cm³/mol. The van der Waals surface area contributed by atoms with Crippen LogP contribution < -0.4 is 0 Å². The summed E-state index contributed by atoms with van der Waals surface area (Å²) in [6.45, 7) is 0. The van der Waals surface area contributed by atoms with Gasteiger partial charge in [0.05, 0.1) is 0 Å². The summed E-state index contributed by atoms with van der Waals surface area (Å²) in [4.78, 5) is 0. The van der Waals surface area contributed by atoms with Gasteiger partial charge in [0, 0.05) is 39.4 Å². The quantitative estimate of drug-likeness (QED) is 0.353. The van der Waals surface area contributed by atoms with Crippen molar-refractivity contribution in [3.8, 4) is 0 Å².